The van der Waals surface area contributed by atoms with E-state index in [2.05, 4.69) is 9.83 Å². The second kappa shape index (κ2) is 5.89. The third kappa shape index (κ3) is 3.07. The van der Waals surface area contributed by atoms with Crippen LogP contribution in [0, 0.1) is 6.57 Å². The molecule has 0 aliphatic rings. The molecule has 0 radical (unpaired) electrons. The predicted octanol–water partition coefficient (Wildman–Crippen LogP) is 5.06. The van der Waals surface area contributed by atoms with Crippen LogP contribution in [0.1, 0.15) is 11.3 Å². The van der Waals surface area contributed by atoms with Crippen molar-refractivity contribution < 1.29 is 4.42 Å². The molecule has 0 aliphatic heterocycles. The summed E-state index contributed by atoms with van der Waals surface area (Å²) in [5.74, 6) is 1.46. The minimum absolute atomic E-state index is 0.523. The summed E-state index contributed by atoms with van der Waals surface area (Å²) in [7, 11) is 0. The molecule has 3 aromatic rings. The van der Waals surface area contributed by atoms with E-state index in [9.17, 15) is 0 Å². The Bertz CT molecular complexity index is 793. The lowest BCUT2D eigenvalue weighted by Gasteiger charge is -1.95. The number of benzene rings is 1. The van der Waals surface area contributed by atoms with Gasteiger partial charge in [-0.1, -0.05) is 42.5 Å². The second-order valence-corrected chi connectivity index (χ2v) is 4.46. The molecule has 0 saturated carbocycles. The van der Waals surface area contributed by atoms with Crippen molar-refractivity contribution in [3.05, 3.63) is 83.5 Å². The third-order valence-electron chi connectivity index (χ3n) is 3.00. The molecule has 0 amide bonds. The van der Waals surface area contributed by atoms with Gasteiger partial charge in [0.25, 0.3) is 0 Å². The second-order valence-electron chi connectivity index (χ2n) is 4.46. The molecule has 0 spiro atoms. The van der Waals surface area contributed by atoms with E-state index in [0.717, 1.165) is 17.0 Å². The molecule has 0 unspecified atom stereocenters. The van der Waals surface area contributed by atoms with Crippen molar-refractivity contribution in [1.82, 2.24) is 4.98 Å². The largest absolute Gasteiger partial charge is 0.455 e. The lowest BCUT2D eigenvalue weighted by atomic mass is 10.2. The summed E-state index contributed by atoms with van der Waals surface area (Å²) in [5, 5.41) is 0. The van der Waals surface area contributed by atoms with Crippen LogP contribution in [-0.2, 0) is 0 Å². The number of nitrogens with zero attached hydrogens (tertiary/aromatic N) is 2. The number of hydrogen-bond donors (Lipinski definition) is 0. The maximum atomic E-state index is 6.91. The molecule has 21 heavy (non-hydrogen) atoms. The fourth-order valence-electron chi connectivity index (χ4n) is 1.92. The summed E-state index contributed by atoms with van der Waals surface area (Å²) >= 11 is 0. The maximum Gasteiger partial charge on any atom is 0.205 e. The summed E-state index contributed by atoms with van der Waals surface area (Å²) in [4.78, 5) is 7.54. The summed E-state index contributed by atoms with van der Waals surface area (Å²) in [6.07, 6.45) is 5.47. The van der Waals surface area contributed by atoms with Crippen molar-refractivity contribution in [3.63, 3.8) is 0 Å². The lowest BCUT2D eigenvalue weighted by Crippen LogP contribution is -1.78. The van der Waals surface area contributed by atoms with Crippen LogP contribution in [0.25, 0.3) is 28.5 Å². The molecule has 2 heterocycles. The summed E-state index contributed by atoms with van der Waals surface area (Å²) in [5.41, 5.74) is 2.37. The summed E-state index contributed by atoms with van der Waals surface area (Å²) < 4.78 is 5.74. The van der Waals surface area contributed by atoms with Gasteiger partial charge >= 0.3 is 0 Å². The van der Waals surface area contributed by atoms with Crippen LogP contribution in [-0.4, -0.2) is 4.98 Å². The minimum atomic E-state index is 0.523. The molecule has 0 N–H and O–H groups in total. The standard InChI is InChI=1S/C18H12N2O/c1-19-15-8-11-17(20-13-15)18-12-10-16(21-18)9-7-14-5-3-2-4-6-14/h2-13H. The van der Waals surface area contributed by atoms with Gasteiger partial charge in [-0.2, -0.15) is 0 Å². The number of furan rings is 1. The summed E-state index contributed by atoms with van der Waals surface area (Å²) in [6.45, 7) is 6.91. The van der Waals surface area contributed by atoms with Crippen LogP contribution in [0.5, 0.6) is 0 Å². The fourth-order valence-corrected chi connectivity index (χ4v) is 1.92. The number of pyridine rings is 1. The van der Waals surface area contributed by atoms with Crippen molar-refractivity contribution in [3.8, 4) is 11.5 Å². The molecule has 100 valence electrons. The lowest BCUT2D eigenvalue weighted by molar-refractivity contribution is 0.570. The molecule has 3 nitrogen and oxygen atoms in total. The molecular weight excluding hydrogens is 260 g/mol. The smallest absolute Gasteiger partial charge is 0.205 e. The Morgan fingerprint density at radius 3 is 2.52 bits per heavy atom. The molecule has 3 heteroatoms. The Morgan fingerprint density at radius 1 is 0.952 bits per heavy atom. The Morgan fingerprint density at radius 2 is 1.81 bits per heavy atom. The highest BCUT2D eigenvalue weighted by Gasteiger charge is 2.04. The van der Waals surface area contributed by atoms with Gasteiger partial charge in [0.2, 0.25) is 5.69 Å². The third-order valence-corrected chi connectivity index (χ3v) is 3.00. The van der Waals surface area contributed by atoms with Crippen LogP contribution in [0.3, 0.4) is 0 Å². The molecule has 2 aromatic heterocycles. The van der Waals surface area contributed by atoms with Crippen LogP contribution in [0.2, 0.25) is 0 Å². The topological polar surface area (TPSA) is 30.4 Å². The van der Waals surface area contributed by atoms with Gasteiger partial charge in [0.15, 0.2) is 5.76 Å². The van der Waals surface area contributed by atoms with Gasteiger partial charge in [0.05, 0.1) is 6.57 Å². The van der Waals surface area contributed by atoms with Crippen molar-refractivity contribution in [2.45, 2.75) is 0 Å². The van der Waals surface area contributed by atoms with E-state index in [0.29, 0.717) is 11.4 Å². The monoisotopic (exact) mass is 272 g/mol. The summed E-state index contributed by atoms with van der Waals surface area (Å²) in [6, 6.07) is 17.3. The zero-order chi connectivity index (χ0) is 14.5. The van der Waals surface area contributed by atoms with Crippen molar-refractivity contribution in [2.75, 3.05) is 0 Å². The van der Waals surface area contributed by atoms with Crippen molar-refractivity contribution >= 4 is 17.8 Å². The Hall–Kier alpha value is -3.12. The Kier molecular flexibility index (Phi) is 3.62. The van der Waals surface area contributed by atoms with Crippen molar-refractivity contribution in [2.24, 2.45) is 0 Å². The number of aromatic nitrogens is 1. The van der Waals surface area contributed by atoms with Crippen molar-refractivity contribution in [1.29, 1.82) is 0 Å². The molecular formula is C18H12N2O. The van der Waals surface area contributed by atoms with Gasteiger partial charge in [0, 0.05) is 6.20 Å². The minimum Gasteiger partial charge on any atom is -0.455 e. The van der Waals surface area contributed by atoms with Gasteiger partial charge < -0.3 is 4.42 Å². The van der Waals surface area contributed by atoms with Crippen LogP contribution in [0.15, 0.2) is 65.2 Å². The normalized spacial score (nSPS) is 10.6. The Labute approximate surface area is 123 Å². The van der Waals surface area contributed by atoms with E-state index < -0.39 is 0 Å². The predicted molar refractivity (Wildman–Crippen MR) is 83.6 cm³/mol. The molecule has 1 aromatic carbocycles. The highest BCUT2D eigenvalue weighted by molar-refractivity contribution is 5.68. The molecule has 3 rings (SSSR count). The average molecular weight is 272 g/mol. The van der Waals surface area contributed by atoms with Crippen LogP contribution in [0.4, 0.5) is 5.69 Å². The molecule has 0 aliphatic carbocycles. The first-order valence-corrected chi connectivity index (χ1v) is 6.52. The maximum absolute atomic E-state index is 6.91. The first kappa shape index (κ1) is 12.9. The average Bonchev–Trinajstić information content (AvgIpc) is 3.03. The van der Waals surface area contributed by atoms with Crippen LogP contribution >= 0.6 is 0 Å². The number of hydrogen-bond acceptors (Lipinski definition) is 2. The zero-order valence-electron chi connectivity index (χ0n) is 11.2. The molecule has 0 bridgehead atoms. The SMILES string of the molecule is [C-]#[N+]c1ccc(-c2ccc(C=Cc3ccccc3)o2)nc1. The fraction of sp³-hybridized carbons (Fsp3) is 0. The Balaban J connectivity index is 1.80. The molecule has 0 saturated heterocycles. The van der Waals surface area contributed by atoms with E-state index >= 15 is 0 Å². The number of rotatable bonds is 3. The first-order chi connectivity index (χ1) is 10.3. The van der Waals surface area contributed by atoms with E-state index in [1.54, 1.807) is 18.3 Å². The first-order valence-electron chi connectivity index (χ1n) is 6.52. The van der Waals surface area contributed by atoms with Gasteiger partial charge in [-0.25, -0.2) is 4.85 Å². The van der Waals surface area contributed by atoms with E-state index in [4.69, 9.17) is 11.0 Å². The zero-order valence-corrected chi connectivity index (χ0v) is 11.2. The quantitative estimate of drug-likeness (QED) is 0.624. The van der Waals surface area contributed by atoms with E-state index in [1.807, 2.05) is 54.6 Å². The van der Waals surface area contributed by atoms with Gasteiger partial charge in [-0.15, -0.1) is 0 Å². The van der Waals surface area contributed by atoms with Gasteiger partial charge in [-0.3, -0.25) is 4.98 Å². The molecule has 0 atom stereocenters. The van der Waals surface area contributed by atoms with Gasteiger partial charge in [-0.05, 0) is 29.8 Å². The van der Waals surface area contributed by atoms with E-state index in [-0.39, 0.29) is 0 Å². The molecule has 0 fully saturated rings. The highest BCUT2D eigenvalue weighted by Crippen LogP contribution is 2.23. The van der Waals surface area contributed by atoms with Crippen LogP contribution < -0.4 is 0 Å². The van der Waals surface area contributed by atoms with E-state index in [1.165, 1.54) is 0 Å². The van der Waals surface area contributed by atoms with Gasteiger partial charge in [0.1, 0.15) is 11.5 Å². The highest BCUT2D eigenvalue weighted by atomic mass is 16.3.